The summed E-state index contributed by atoms with van der Waals surface area (Å²) >= 11 is 1.13. The van der Waals surface area contributed by atoms with E-state index in [1.807, 2.05) is 6.20 Å². The third-order valence-electron chi connectivity index (χ3n) is 4.49. The number of H-pyrrole nitrogens is 1. The van der Waals surface area contributed by atoms with Gasteiger partial charge in [0.25, 0.3) is 10.0 Å². The molecule has 0 saturated carbocycles. The highest BCUT2D eigenvalue weighted by Gasteiger charge is 2.27. The first-order chi connectivity index (χ1) is 12.0. The minimum absolute atomic E-state index is 0.192. The average Bonchev–Trinajstić information content (AvgIpc) is 3.31. The number of thiophene rings is 1. The Morgan fingerprint density at radius 1 is 1.52 bits per heavy atom. The molecule has 1 fully saturated rings. The number of nitrogens with one attached hydrogen (secondary N) is 2. The molecule has 1 aliphatic rings. The molecule has 3 heterocycles. The van der Waals surface area contributed by atoms with Crippen LogP contribution in [0.2, 0.25) is 0 Å². The SMILES string of the molecule is CCc1cn[nH]c1[C@@H]1CCCN(C(=O)CNS(=O)(=O)c2cccs2)C1. The van der Waals surface area contributed by atoms with Crippen LogP contribution in [-0.4, -0.2) is 49.1 Å². The number of aromatic nitrogens is 2. The van der Waals surface area contributed by atoms with Gasteiger partial charge < -0.3 is 4.90 Å². The number of hydrogen-bond donors (Lipinski definition) is 2. The maximum atomic E-state index is 12.5. The molecule has 0 bridgehead atoms. The van der Waals surface area contributed by atoms with Gasteiger partial charge in [-0.2, -0.15) is 5.10 Å². The van der Waals surface area contributed by atoms with Crippen molar-refractivity contribution in [3.05, 3.63) is 35.0 Å². The van der Waals surface area contributed by atoms with Gasteiger partial charge in [0.15, 0.2) is 0 Å². The summed E-state index contributed by atoms with van der Waals surface area (Å²) < 4.78 is 26.9. The van der Waals surface area contributed by atoms with Crippen LogP contribution in [-0.2, 0) is 21.2 Å². The van der Waals surface area contributed by atoms with Gasteiger partial charge in [0, 0.05) is 24.7 Å². The Kier molecular flexibility index (Phi) is 5.55. The molecule has 2 aromatic rings. The summed E-state index contributed by atoms with van der Waals surface area (Å²) in [5, 5.41) is 8.87. The van der Waals surface area contributed by atoms with E-state index in [-0.39, 0.29) is 22.6 Å². The number of amides is 1. The molecular formula is C16H22N4O3S2. The second-order valence-electron chi connectivity index (χ2n) is 6.10. The maximum absolute atomic E-state index is 12.5. The standard InChI is InChI=1S/C16H22N4O3S2/c1-2-12-9-17-19-16(12)13-5-3-7-20(11-13)14(21)10-18-25(22,23)15-6-4-8-24-15/h4,6,8-9,13,18H,2-3,5,7,10-11H2,1H3,(H,17,19)/t13-/m1/s1. The molecule has 1 aliphatic heterocycles. The lowest BCUT2D eigenvalue weighted by Crippen LogP contribution is -2.44. The van der Waals surface area contributed by atoms with Crippen LogP contribution in [0.25, 0.3) is 0 Å². The Balaban J connectivity index is 1.61. The van der Waals surface area contributed by atoms with Crippen molar-refractivity contribution >= 4 is 27.3 Å². The number of sulfonamides is 1. The van der Waals surface area contributed by atoms with E-state index in [1.165, 1.54) is 11.6 Å². The zero-order valence-corrected chi connectivity index (χ0v) is 15.7. The Labute approximate surface area is 151 Å². The van der Waals surface area contributed by atoms with Crippen molar-refractivity contribution in [1.29, 1.82) is 0 Å². The molecule has 7 nitrogen and oxygen atoms in total. The number of aromatic amines is 1. The second kappa shape index (κ2) is 7.67. The van der Waals surface area contributed by atoms with Crippen LogP contribution in [0.3, 0.4) is 0 Å². The second-order valence-corrected chi connectivity index (χ2v) is 9.04. The van der Waals surface area contributed by atoms with Crippen LogP contribution in [0.15, 0.2) is 27.9 Å². The molecular weight excluding hydrogens is 360 g/mol. The minimum Gasteiger partial charge on any atom is -0.341 e. The lowest BCUT2D eigenvalue weighted by atomic mass is 9.92. The zero-order chi connectivity index (χ0) is 17.9. The summed E-state index contributed by atoms with van der Waals surface area (Å²) in [5.74, 6) is 0.0337. The molecule has 0 unspecified atom stereocenters. The first-order valence-electron chi connectivity index (χ1n) is 8.34. The van der Waals surface area contributed by atoms with E-state index in [0.717, 1.165) is 36.3 Å². The van der Waals surface area contributed by atoms with Crippen molar-refractivity contribution < 1.29 is 13.2 Å². The third kappa shape index (κ3) is 4.10. The van der Waals surface area contributed by atoms with Crippen molar-refractivity contribution in [2.45, 2.75) is 36.3 Å². The fraction of sp³-hybridized carbons (Fsp3) is 0.500. The number of carbonyl (C=O) groups excluding carboxylic acids is 1. The van der Waals surface area contributed by atoms with Crippen LogP contribution >= 0.6 is 11.3 Å². The van der Waals surface area contributed by atoms with E-state index < -0.39 is 10.0 Å². The quantitative estimate of drug-likeness (QED) is 0.795. The molecule has 2 N–H and O–H groups in total. The van der Waals surface area contributed by atoms with Gasteiger partial charge in [-0.3, -0.25) is 9.89 Å². The van der Waals surface area contributed by atoms with E-state index >= 15 is 0 Å². The molecule has 2 aromatic heterocycles. The van der Waals surface area contributed by atoms with Crippen molar-refractivity contribution in [3.8, 4) is 0 Å². The molecule has 25 heavy (non-hydrogen) atoms. The summed E-state index contributed by atoms with van der Waals surface area (Å²) in [6, 6.07) is 3.20. The van der Waals surface area contributed by atoms with Crippen molar-refractivity contribution in [3.63, 3.8) is 0 Å². The lowest BCUT2D eigenvalue weighted by Gasteiger charge is -2.32. The first-order valence-corrected chi connectivity index (χ1v) is 10.7. The van der Waals surface area contributed by atoms with Crippen molar-refractivity contribution in [2.75, 3.05) is 19.6 Å². The van der Waals surface area contributed by atoms with Gasteiger partial charge in [0.1, 0.15) is 4.21 Å². The normalized spacial score (nSPS) is 18.4. The fourth-order valence-electron chi connectivity index (χ4n) is 3.15. The van der Waals surface area contributed by atoms with Gasteiger partial charge in [0.2, 0.25) is 5.91 Å². The molecule has 9 heteroatoms. The summed E-state index contributed by atoms with van der Waals surface area (Å²) in [6.07, 6.45) is 4.64. The lowest BCUT2D eigenvalue weighted by molar-refractivity contribution is -0.131. The summed E-state index contributed by atoms with van der Waals surface area (Å²) in [6.45, 7) is 3.12. The monoisotopic (exact) mass is 382 g/mol. The Morgan fingerprint density at radius 2 is 2.36 bits per heavy atom. The van der Waals surface area contributed by atoms with Crippen molar-refractivity contribution in [2.24, 2.45) is 0 Å². The Morgan fingerprint density at radius 3 is 3.08 bits per heavy atom. The molecule has 3 rings (SSSR count). The van der Waals surface area contributed by atoms with Crippen LogP contribution in [0, 0.1) is 0 Å². The van der Waals surface area contributed by atoms with E-state index in [2.05, 4.69) is 21.8 Å². The number of rotatable bonds is 6. The molecule has 0 aromatic carbocycles. The number of carbonyl (C=O) groups is 1. The predicted molar refractivity (Wildman–Crippen MR) is 96.0 cm³/mol. The smallest absolute Gasteiger partial charge is 0.250 e. The third-order valence-corrected chi connectivity index (χ3v) is 7.29. The minimum atomic E-state index is -3.61. The molecule has 1 atom stereocenters. The van der Waals surface area contributed by atoms with E-state index in [0.29, 0.717) is 13.1 Å². The van der Waals surface area contributed by atoms with Gasteiger partial charge in [-0.15, -0.1) is 11.3 Å². The van der Waals surface area contributed by atoms with E-state index in [4.69, 9.17) is 0 Å². The molecule has 1 amide bonds. The highest BCUT2D eigenvalue weighted by atomic mass is 32.2. The summed E-state index contributed by atoms with van der Waals surface area (Å²) in [5.41, 5.74) is 2.27. The number of aryl methyl sites for hydroxylation is 1. The maximum Gasteiger partial charge on any atom is 0.250 e. The van der Waals surface area contributed by atoms with Gasteiger partial charge >= 0.3 is 0 Å². The summed E-state index contributed by atoms with van der Waals surface area (Å²) in [4.78, 5) is 14.2. The Bertz CT molecular complexity index is 814. The van der Waals surface area contributed by atoms with Crippen molar-refractivity contribution in [1.82, 2.24) is 19.8 Å². The molecule has 0 radical (unpaired) electrons. The van der Waals surface area contributed by atoms with Gasteiger partial charge in [-0.05, 0) is 36.3 Å². The molecule has 0 spiro atoms. The Hall–Kier alpha value is -1.71. The fourth-order valence-corrected chi connectivity index (χ4v) is 5.16. The molecule has 136 valence electrons. The predicted octanol–water partition coefficient (Wildman–Crippen LogP) is 1.72. The number of hydrogen-bond acceptors (Lipinski definition) is 5. The number of nitrogens with zero attached hydrogens (tertiary/aromatic N) is 2. The number of likely N-dealkylation sites (tertiary alicyclic amines) is 1. The summed E-state index contributed by atoms with van der Waals surface area (Å²) in [7, 11) is -3.61. The van der Waals surface area contributed by atoms with E-state index in [9.17, 15) is 13.2 Å². The average molecular weight is 383 g/mol. The topological polar surface area (TPSA) is 95.2 Å². The van der Waals surface area contributed by atoms with Gasteiger partial charge in [0.05, 0.1) is 12.7 Å². The highest BCUT2D eigenvalue weighted by molar-refractivity contribution is 7.91. The van der Waals surface area contributed by atoms with Gasteiger partial charge in [-0.25, -0.2) is 13.1 Å². The van der Waals surface area contributed by atoms with Crippen LogP contribution in [0.5, 0.6) is 0 Å². The van der Waals surface area contributed by atoms with Crippen LogP contribution < -0.4 is 4.72 Å². The molecule has 0 aliphatic carbocycles. The van der Waals surface area contributed by atoms with Gasteiger partial charge in [-0.1, -0.05) is 13.0 Å². The first kappa shape index (κ1) is 18.1. The van der Waals surface area contributed by atoms with Crippen LogP contribution in [0.1, 0.15) is 36.9 Å². The largest absolute Gasteiger partial charge is 0.341 e. The van der Waals surface area contributed by atoms with Crippen LogP contribution in [0.4, 0.5) is 0 Å². The highest BCUT2D eigenvalue weighted by Crippen LogP contribution is 2.28. The number of piperidine rings is 1. The molecule has 1 saturated heterocycles. The van der Waals surface area contributed by atoms with E-state index in [1.54, 1.807) is 16.3 Å². The zero-order valence-electron chi connectivity index (χ0n) is 14.1.